The number of carbonyl (C=O) groups is 2. The van der Waals surface area contributed by atoms with Gasteiger partial charge in [-0.15, -0.1) is 0 Å². The topological polar surface area (TPSA) is 99.1 Å². The number of aliphatic hydroxyl groups is 2. The highest BCUT2D eigenvalue weighted by Gasteiger charge is 2.43. The number of amides is 2. The van der Waals surface area contributed by atoms with Gasteiger partial charge in [0.1, 0.15) is 18.3 Å². The van der Waals surface area contributed by atoms with Crippen LogP contribution in [0.3, 0.4) is 0 Å². The van der Waals surface area contributed by atoms with Crippen LogP contribution in [0.1, 0.15) is 38.7 Å². The summed E-state index contributed by atoms with van der Waals surface area (Å²) in [6.45, 7) is 4.47. The van der Waals surface area contributed by atoms with Crippen molar-refractivity contribution < 1.29 is 24.5 Å². The molecule has 1 aromatic rings. The van der Waals surface area contributed by atoms with E-state index in [-0.39, 0.29) is 30.7 Å². The van der Waals surface area contributed by atoms with Crippen LogP contribution in [0.2, 0.25) is 0 Å². The summed E-state index contributed by atoms with van der Waals surface area (Å²) in [4.78, 5) is 26.1. The van der Waals surface area contributed by atoms with Gasteiger partial charge in [0.15, 0.2) is 0 Å². The molecule has 1 aromatic carbocycles. The second-order valence-electron chi connectivity index (χ2n) is 7.39. The van der Waals surface area contributed by atoms with Crippen LogP contribution < -0.4 is 5.32 Å². The predicted molar refractivity (Wildman–Crippen MR) is 105 cm³/mol. The lowest BCUT2D eigenvalue weighted by molar-refractivity contribution is -0.135. The Balaban J connectivity index is 1.85. The Morgan fingerprint density at radius 1 is 1.11 bits per heavy atom. The van der Waals surface area contributed by atoms with E-state index in [1.807, 2.05) is 44.2 Å². The number of rotatable bonds is 9. The molecule has 1 fully saturated rings. The van der Waals surface area contributed by atoms with Crippen LogP contribution in [-0.4, -0.2) is 64.9 Å². The molecule has 0 saturated carbocycles. The first kappa shape index (κ1) is 22.3. The fourth-order valence-electron chi connectivity index (χ4n) is 3.44. The molecule has 4 atom stereocenters. The molecule has 7 nitrogen and oxygen atoms in total. The Kier molecular flexibility index (Phi) is 8.41. The fourth-order valence-corrected chi connectivity index (χ4v) is 3.44. The largest absolute Gasteiger partial charge is 0.388 e. The summed E-state index contributed by atoms with van der Waals surface area (Å²) in [6.07, 6.45) is -2.38. The van der Waals surface area contributed by atoms with Gasteiger partial charge in [-0.2, -0.15) is 0 Å². The summed E-state index contributed by atoms with van der Waals surface area (Å²) in [6, 6.07) is 9.61. The summed E-state index contributed by atoms with van der Waals surface area (Å²) in [7, 11) is 1.69. The highest BCUT2D eigenvalue weighted by Crippen LogP contribution is 2.24. The molecule has 0 bridgehead atoms. The van der Waals surface area contributed by atoms with Gasteiger partial charge in [0.2, 0.25) is 11.8 Å². The average Bonchev–Trinajstić information content (AvgIpc) is 2.96. The zero-order chi connectivity index (χ0) is 20.7. The lowest BCUT2D eigenvalue weighted by atomic mass is 10.0. The van der Waals surface area contributed by atoms with E-state index in [0.717, 1.165) is 18.4 Å². The Morgan fingerprint density at radius 3 is 2.32 bits per heavy atom. The maximum absolute atomic E-state index is 12.5. The molecular weight excluding hydrogens is 360 g/mol. The summed E-state index contributed by atoms with van der Waals surface area (Å²) in [5, 5.41) is 23.3. The van der Waals surface area contributed by atoms with Gasteiger partial charge in [-0.1, -0.05) is 44.2 Å². The van der Waals surface area contributed by atoms with Crippen molar-refractivity contribution in [2.75, 3.05) is 13.6 Å². The minimum atomic E-state index is -1.16. The van der Waals surface area contributed by atoms with Gasteiger partial charge in [-0.05, 0) is 18.4 Å². The average molecular weight is 392 g/mol. The lowest BCUT2D eigenvalue weighted by Gasteiger charge is -2.21. The first-order chi connectivity index (χ1) is 13.4. The minimum Gasteiger partial charge on any atom is -0.388 e. The van der Waals surface area contributed by atoms with Crippen molar-refractivity contribution >= 4 is 11.8 Å². The Labute approximate surface area is 166 Å². The molecule has 2 rings (SSSR count). The molecule has 1 heterocycles. The summed E-state index contributed by atoms with van der Waals surface area (Å²) in [5.74, 6) is -0.341. The van der Waals surface area contributed by atoms with Gasteiger partial charge in [0.05, 0.1) is 12.5 Å². The number of nitrogens with zero attached hydrogens (tertiary/aromatic N) is 1. The van der Waals surface area contributed by atoms with E-state index in [2.05, 4.69) is 5.32 Å². The maximum atomic E-state index is 12.5. The normalized spacial score (nSPS) is 24.4. The molecule has 1 aliphatic heterocycles. The van der Waals surface area contributed by atoms with Crippen LogP contribution in [0, 0.1) is 5.92 Å². The highest BCUT2D eigenvalue weighted by molar-refractivity contribution is 5.78. The van der Waals surface area contributed by atoms with Crippen molar-refractivity contribution in [1.82, 2.24) is 10.2 Å². The third kappa shape index (κ3) is 5.77. The van der Waals surface area contributed by atoms with Gasteiger partial charge in [-0.25, -0.2) is 0 Å². The van der Waals surface area contributed by atoms with Gasteiger partial charge in [0, 0.05) is 26.1 Å². The molecule has 1 aliphatic rings. The molecular formula is C21H32N2O5. The second kappa shape index (κ2) is 10.5. The molecule has 1 saturated heterocycles. The van der Waals surface area contributed by atoms with E-state index in [4.69, 9.17) is 4.74 Å². The fraction of sp³-hybridized carbons (Fsp3) is 0.619. The van der Waals surface area contributed by atoms with Gasteiger partial charge < -0.3 is 25.2 Å². The van der Waals surface area contributed by atoms with Crippen molar-refractivity contribution in [2.45, 2.75) is 64.1 Å². The number of hydrogen-bond donors (Lipinski definition) is 3. The number of aliphatic hydroxyl groups excluding tert-OH is 2. The zero-order valence-electron chi connectivity index (χ0n) is 16.9. The molecule has 0 spiro atoms. The van der Waals surface area contributed by atoms with Crippen LogP contribution in [0.5, 0.6) is 0 Å². The molecule has 7 heteroatoms. The molecule has 0 aliphatic carbocycles. The second-order valence-corrected chi connectivity index (χ2v) is 7.39. The first-order valence-corrected chi connectivity index (χ1v) is 9.94. The molecule has 0 unspecified atom stereocenters. The van der Waals surface area contributed by atoms with E-state index in [9.17, 15) is 19.8 Å². The van der Waals surface area contributed by atoms with Crippen LogP contribution in [0.15, 0.2) is 30.3 Å². The molecule has 3 N–H and O–H groups in total. The summed E-state index contributed by atoms with van der Waals surface area (Å²) >= 11 is 0. The summed E-state index contributed by atoms with van der Waals surface area (Å²) in [5.41, 5.74) is 1.01. The Hall–Kier alpha value is -1.96. The van der Waals surface area contributed by atoms with E-state index in [1.54, 1.807) is 11.9 Å². The van der Waals surface area contributed by atoms with Crippen molar-refractivity contribution in [3.05, 3.63) is 35.9 Å². The van der Waals surface area contributed by atoms with Crippen molar-refractivity contribution in [1.29, 1.82) is 0 Å². The third-order valence-electron chi connectivity index (χ3n) is 5.36. The Bertz CT molecular complexity index is 635. The first-order valence-electron chi connectivity index (χ1n) is 9.94. The van der Waals surface area contributed by atoms with Crippen LogP contribution in [0.25, 0.3) is 0 Å². The van der Waals surface area contributed by atoms with Gasteiger partial charge >= 0.3 is 0 Å². The lowest BCUT2D eigenvalue weighted by Crippen LogP contribution is -2.41. The van der Waals surface area contributed by atoms with Crippen molar-refractivity contribution in [3.63, 3.8) is 0 Å². The maximum Gasteiger partial charge on any atom is 0.225 e. The van der Waals surface area contributed by atoms with E-state index >= 15 is 0 Å². The Morgan fingerprint density at radius 2 is 1.71 bits per heavy atom. The molecule has 0 radical (unpaired) electrons. The monoisotopic (exact) mass is 392 g/mol. The van der Waals surface area contributed by atoms with Crippen molar-refractivity contribution in [2.24, 2.45) is 5.92 Å². The molecule has 0 aromatic heterocycles. The van der Waals surface area contributed by atoms with E-state index in [1.165, 1.54) is 0 Å². The van der Waals surface area contributed by atoms with Gasteiger partial charge in [-0.3, -0.25) is 9.59 Å². The number of nitrogens with one attached hydrogen (secondary N) is 1. The number of benzene rings is 1. The molecule has 2 amide bonds. The number of hydrogen-bond acceptors (Lipinski definition) is 5. The smallest absolute Gasteiger partial charge is 0.225 e. The summed E-state index contributed by atoms with van der Waals surface area (Å²) < 4.78 is 5.69. The molecule has 156 valence electrons. The highest BCUT2D eigenvalue weighted by atomic mass is 16.5. The standard InChI is InChI=1S/C21H32N2O5/c1-4-15(5-2)21(27)22-12-17-20(26)19(25)16(28-17)11-18(24)23(3)13-14-9-7-6-8-10-14/h6-10,15-17,19-20,25-26H,4-5,11-13H2,1-3H3,(H,22,27)/t16-,17-,19-,20+/m0/s1. The molecule has 28 heavy (non-hydrogen) atoms. The predicted octanol–water partition coefficient (Wildman–Crippen LogP) is 1.08. The van der Waals surface area contributed by atoms with Crippen LogP contribution >= 0.6 is 0 Å². The van der Waals surface area contributed by atoms with E-state index in [0.29, 0.717) is 6.54 Å². The minimum absolute atomic E-state index is 0.0292. The third-order valence-corrected chi connectivity index (χ3v) is 5.36. The van der Waals surface area contributed by atoms with Crippen LogP contribution in [0.4, 0.5) is 0 Å². The number of carbonyl (C=O) groups excluding carboxylic acids is 2. The van der Waals surface area contributed by atoms with Crippen molar-refractivity contribution in [3.8, 4) is 0 Å². The SMILES string of the molecule is CCC(CC)C(=O)NC[C@@H]1O[C@@H](CC(=O)N(C)Cc2ccccc2)[C@H](O)[C@@H]1O. The zero-order valence-corrected chi connectivity index (χ0v) is 16.9. The van der Waals surface area contributed by atoms with Gasteiger partial charge in [0.25, 0.3) is 0 Å². The van der Waals surface area contributed by atoms with E-state index < -0.39 is 24.4 Å². The number of ether oxygens (including phenoxy) is 1. The van der Waals surface area contributed by atoms with Crippen LogP contribution in [-0.2, 0) is 20.9 Å². The quantitative estimate of drug-likeness (QED) is 0.584.